The van der Waals surface area contributed by atoms with Crippen LogP contribution in [-0.4, -0.2) is 31.0 Å². The van der Waals surface area contributed by atoms with Gasteiger partial charge in [-0.05, 0) is 35.6 Å². The van der Waals surface area contributed by atoms with Crippen molar-refractivity contribution in [2.45, 2.75) is 12.3 Å². The van der Waals surface area contributed by atoms with Gasteiger partial charge in [0.05, 0.1) is 23.3 Å². The Balaban J connectivity index is 1.75. The smallest absolute Gasteiger partial charge is 0.232 e. The van der Waals surface area contributed by atoms with E-state index in [4.69, 9.17) is 5.10 Å². The molecule has 2 aromatic heterocycles. The van der Waals surface area contributed by atoms with Gasteiger partial charge in [-0.3, -0.25) is 4.31 Å². The standard InChI is InChI=1S/C17H17N3O2S2/c1-24(21,22)20-10-6-14(15-4-2-3-5-17(15)20)16-7-9-19(18-16)13-8-11-23-12-13/h2-5,7-9,11-12,14H,6,10H2,1H3. The average molecular weight is 359 g/mol. The van der Waals surface area contributed by atoms with Crippen LogP contribution in [0.4, 0.5) is 5.69 Å². The quantitative estimate of drug-likeness (QED) is 0.721. The van der Waals surface area contributed by atoms with Crippen LogP contribution < -0.4 is 4.31 Å². The highest BCUT2D eigenvalue weighted by atomic mass is 32.2. The van der Waals surface area contributed by atoms with Crippen molar-refractivity contribution in [2.75, 3.05) is 17.1 Å². The fourth-order valence-electron chi connectivity index (χ4n) is 3.24. The Morgan fingerprint density at radius 2 is 2.04 bits per heavy atom. The lowest BCUT2D eigenvalue weighted by molar-refractivity contribution is 0.585. The molecule has 0 amide bonds. The van der Waals surface area contributed by atoms with E-state index >= 15 is 0 Å². The number of fused-ring (bicyclic) bond motifs is 1. The van der Waals surface area contributed by atoms with Crippen molar-refractivity contribution >= 4 is 27.0 Å². The van der Waals surface area contributed by atoms with Crippen molar-refractivity contribution in [3.63, 3.8) is 0 Å². The molecule has 1 unspecified atom stereocenters. The minimum Gasteiger partial charge on any atom is -0.270 e. The van der Waals surface area contributed by atoms with Crippen molar-refractivity contribution in [2.24, 2.45) is 0 Å². The maximum atomic E-state index is 12.1. The van der Waals surface area contributed by atoms with E-state index in [1.54, 1.807) is 11.3 Å². The SMILES string of the molecule is CS(=O)(=O)N1CCC(c2ccn(-c3ccsc3)n2)c2ccccc21. The summed E-state index contributed by atoms with van der Waals surface area (Å²) in [5.41, 5.74) is 3.81. The summed E-state index contributed by atoms with van der Waals surface area (Å²) in [6.45, 7) is 0.478. The van der Waals surface area contributed by atoms with E-state index in [0.717, 1.165) is 29.1 Å². The number of rotatable bonds is 3. The summed E-state index contributed by atoms with van der Waals surface area (Å²) < 4.78 is 27.5. The Morgan fingerprint density at radius 3 is 2.79 bits per heavy atom. The second kappa shape index (κ2) is 5.75. The largest absolute Gasteiger partial charge is 0.270 e. The second-order valence-electron chi connectivity index (χ2n) is 5.90. The summed E-state index contributed by atoms with van der Waals surface area (Å²) in [5, 5.41) is 8.79. The van der Waals surface area contributed by atoms with Crippen LogP contribution in [0.2, 0.25) is 0 Å². The third-order valence-electron chi connectivity index (χ3n) is 4.34. The molecule has 0 N–H and O–H groups in total. The number of nitrogens with zero attached hydrogens (tertiary/aromatic N) is 3. The van der Waals surface area contributed by atoms with Gasteiger partial charge in [0.2, 0.25) is 10.0 Å². The van der Waals surface area contributed by atoms with Gasteiger partial charge >= 0.3 is 0 Å². The number of hydrogen-bond donors (Lipinski definition) is 0. The van der Waals surface area contributed by atoms with Crippen LogP contribution in [0.15, 0.2) is 53.4 Å². The predicted octanol–water partition coefficient (Wildman–Crippen LogP) is 3.24. The Labute approximate surface area is 145 Å². The summed E-state index contributed by atoms with van der Waals surface area (Å²) in [5.74, 6) is 0.110. The molecule has 0 saturated carbocycles. The minimum absolute atomic E-state index is 0.110. The Hall–Kier alpha value is -2.12. The summed E-state index contributed by atoms with van der Waals surface area (Å²) >= 11 is 1.64. The van der Waals surface area contributed by atoms with E-state index in [1.165, 1.54) is 10.6 Å². The molecule has 4 rings (SSSR count). The zero-order valence-corrected chi connectivity index (χ0v) is 14.8. The summed E-state index contributed by atoms with van der Waals surface area (Å²) in [6, 6.07) is 11.8. The lowest BCUT2D eigenvalue weighted by atomic mass is 9.88. The van der Waals surface area contributed by atoms with Crippen LogP contribution >= 0.6 is 11.3 Å². The zero-order chi connectivity index (χ0) is 16.7. The van der Waals surface area contributed by atoms with E-state index in [0.29, 0.717) is 6.54 Å². The number of para-hydroxylation sites is 1. The lowest BCUT2D eigenvalue weighted by Crippen LogP contribution is -2.36. The van der Waals surface area contributed by atoms with Crippen LogP contribution in [-0.2, 0) is 10.0 Å². The van der Waals surface area contributed by atoms with Gasteiger partial charge in [0.15, 0.2) is 0 Å². The normalized spacial score (nSPS) is 17.7. The van der Waals surface area contributed by atoms with Crippen molar-refractivity contribution in [3.05, 3.63) is 64.6 Å². The second-order valence-corrected chi connectivity index (χ2v) is 8.59. The molecule has 1 aliphatic heterocycles. The van der Waals surface area contributed by atoms with Crippen LogP contribution in [0.25, 0.3) is 5.69 Å². The highest BCUT2D eigenvalue weighted by Gasteiger charge is 2.31. The van der Waals surface area contributed by atoms with Crippen molar-refractivity contribution in [1.29, 1.82) is 0 Å². The van der Waals surface area contributed by atoms with Gasteiger partial charge in [0.1, 0.15) is 0 Å². The van der Waals surface area contributed by atoms with E-state index in [1.807, 2.05) is 52.7 Å². The fraction of sp³-hybridized carbons (Fsp3) is 0.235. The number of benzene rings is 1. The number of sulfonamides is 1. The van der Waals surface area contributed by atoms with Crippen LogP contribution in [0.1, 0.15) is 23.6 Å². The van der Waals surface area contributed by atoms with Gasteiger partial charge in [-0.15, -0.1) is 0 Å². The highest BCUT2D eigenvalue weighted by Crippen LogP contribution is 2.39. The molecule has 5 nitrogen and oxygen atoms in total. The first-order valence-electron chi connectivity index (χ1n) is 7.69. The fourth-order valence-corrected chi connectivity index (χ4v) is 4.82. The molecule has 3 aromatic rings. The molecule has 24 heavy (non-hydrogen) atoms. The first-order valence-corrected chi connectivity index (χ1v) is 10.5. The van der Waals surface area contributed by atoms with E-state index in [-0.39, 0.29) is 5.92 Å². The predicted molar refractivity (Wildman–Crippen MR) is 96.5 cm³/mol. The summed E-state index contributed by atoms with van der Waals surface area (Å²) in [7, 11) is -3.27. The monoisotopic (exact) mass is 359 g/mol. The number of thiophene rings is 1. The third-order valence-corrected chi connectivity index (χ3v) is 6.19. The van der Waals surface area contributed by atoms with E-state index < -0.39 is 10.0 Å². The number of anilines is 1. The van der Waals surface area contributed by atoms with E-state index in [9.17, 15) is 8.42 Å². The maximum absolute atomic E-state index is 12.1. The highest BCUT2D eigenvalue weighted by molar-refractivity contribution is 7.92. The first kappa shape index (κ1) is 15.4. The summed E-state index contributed by atoms with van der Waals surface area (Å²) in [6.07, 6.45) is 3.95. The Morgan fingerprint density at radius 1 is 1.21 bits per heavy atom. The zero-order valence-electron chi connectivity index (χ0n) is 13.2. The third kappa shape index (κ3) is 2.63. The molecule has 1 atom stereocenters. The van der Waals surface area contributed by atoms with Crippen molar-refractivity contribution in [1.82, 2.24) is 9.78 Å². The molecular weight excluding hydrogens is 342 g/mol. The molecule has 0 aliphatic carbocycles. The molecule has 0 fully saturated rings. The molecule has 0 radical (unpaired) electrons. The molecule has 124 valence electrons. The molecule has 0 spiro atoms. The van der Waals surface area contributed by atoms with Crippen molar-refractivity contribution in [3.8, 4) is 5.69 Å². The molecule has 7 heteroatoms. The van der Waals surface area contributed by atoms with Crippen LogP contribution in [0.3, 0.4) is 0 Å². The van der Waals surface area contributed by atoms with Gasteiger partial charge in [-0.25, -0.2) is 13.1 Å². The first-order chi connectivity index (χ1) is 11.5. The van der Waals surface area contributed by atoms with Gasteiger partial charge in [-0.2, -0.15) is 16.4 Å². The van der Waals surface area contributed by atoms with Crippen molar-refractivity contribution < 1.29 is 8.42 Å². The molecule has 1 aromatic carbocycles. The lowest BCUT2D eigenvalue weighted by Gasteiger charge is -2.33. The van der Waals surface area contributed by atoms with Gasteiger partial charge in [0, 0.05) is 24.0 Å². The van der Waals surface area contributed by atoms with Gasteiger partial charge in [0.25, 0.3) is 0 Å². The summed E-state index contributed by atoms with van der Waals surface area (Å²) in [4.78, 5) is 0. The molecule has 1 aliphatic rings. The maximum Gasteiger partial charge on any atom is 0.232 e. The Bertz CT molecular complexity index is 961. The number of hydrogen-bond acceptors (Lipinski definition) is 4. The number of aromatic nitrogens is 2. The minimum atomic E-state index is -3.27. The van der Waals surface area contributed by atoms with Crippen LogP contribution in [0.5, 0.6) is 0 Å². The van der Waals surface area contributed by atoms with E-state index in [2.05, 4.69) is 5.38 Å². The topological polar surface area (TPSA) is 55.2 Å². The van der Waals surface area contributed by atoms with Gasteiger partial charge < -0.3 is 0 Å². The molecular formula is C17H17N3O2S2. The average Bonchev–Trinajstić information content (AvgIpc) is 3.24. The van der Waals surface area contributed by atoms with Crippen LogP contribution in [0, 0.1) is 0 Å². The Kier molecular flexibility index (Phi) is 3.69. The molecule has 0 bridgehead atoms. The van der Waals surface area contributed by atoms with Gasteiger partial charge in [-0.1, -0.05) is 18.2 Å². The molecule has 0 saturated heterocycles. The molecule has 3 heterocycles.